The molecule has 0 spiro atoms. The molecule has 0 heterocycles. The summed E-state index contributed by atoms with van der Waals surface area (Å²) < 4.78 is 46.5. The molecule has 16 heavy (non-hydrogen) atoms. The molecule has 0 aliphatic rings. The summed E-state index contributed by atoms with van der Waals surface area (Å²) in [6.45, 7) is 2.43. The average Bonchev–Trinajstić information content (AvgIpc) is 2.02. The van der Waals surface area contributed by atoms with E-state index in [2.05, 4.69) is 13.8 Å². The quantitative estimate of drug-likeness (QED) is 0.565. The number of carbonyl (C=O) groups excluding carboxylic acids is 1. The van der Waals surface area contributed by atoms with E-state index in [4.69, 9.17) is 0 Å². The van der Waals surface area contributed by atoms with Gasteiger partial charge in [-0.2, -0.15) is 17.9 Å². The first kappa shape index (κ1) is 18.7. The van der Waals surface area contributed by atoms with Gasteiger partial charge in [0, 0.05) is 0 Å². The van der Waals surface area contributed by atoms with E-state index in [1.54, 1.807) is 0 Å². The van der Waals surface area contributed by atoms with E-state index in [0.717, 1.165) is 0 Å². The van der Waals surface area contributed by atoms with Crippen molar-refractivity contribution in [1.29, 1.82) is 0 Å². The van der Waals surface area contributed by atoms with E-state index in [0.29, 0.717) is 0 Å². The second-order valence-electron chi connectivity index (χ2n) is 2.21. The predicted molar refractivity (Wildman–Crippen MR) is 43.7 cm³/mol. The normalized spacial score (nSPS) is 11.9. The van der Waals surface area contributed by atoms with Gasteiger partial charge < -0.3 is 13.9 Å². The van der Waals surface area contributed by atoms with Crippen LogP contribution in [0.4, 0.5) is 13.2 Å². The number of hydrogen-bond acceptors (Lipinski definition) is 4. The third-order valence-corrected chi connectivity index (χ3v) is 2.64. The van der Waals surface area contributed by atoms with Gasteiger partial charge in [-0.3, -0.25) is 4.79 Å². The maximum Gasteiger partial charge on any atom is 1.00 e. The third kappa shape index (κ3) is 6.80. The van der Waals surface area contributed by atoms with Gasteiger partial charge in [-0.25, -0.2) is 0 Å². The Kier molecular flexibility index (Phi) is 8.87. The molecule has 1 amide bonds. The molecule has 0 fully saturated rings. The van der Waals surface area contributed by atoms with Crippen molar-refractivity contribution in [3.8, 4) is 0 Å². The Bertz CT molecular complexity index is 273. The van der Waals surface area contributed by atoms with Crippen LogP contribution in [0.25, 0.3) is 0 Å². The summed E-state index contributed by atoms with van der Waals surface area (Å²) in [7, 11) is -4.32. The van der Waals surface area contributed by atoms with E-state index >= 15 is 0 Å². The molecule has 0 aromatic carbocycles. The summed E-state index contributed by atoms with van der Waals surface area (Å²) in [5, 5.41) is 0. The van der Waals surface area contributed by atoms with Gasteiger partial charge in [0.2, 0.25) is 0 Å². The van der Waals surface area contributed by atoms with Crippen LogP contribution in [0.3, 0.4) is 0 Å². The van der Waals surface area contributed by atoms with Gasteiger partial charge in [0.1, 0.15) is 7.74 Å². The van der Waals surface area contributed by atoms with Gasteiger partial charge in [0.25, 0.3) is 0 Å². The monoisotopic (exact) mass is 355 g/mol. The Hall–Kier alpha value is 0.310. The van der Waals surface area contributed by atoms with Crippen LogP contribution in [0.2, 0.25) is 0 Å². The van der Waals surface area contributed by atoms with Gasteiger partial charge in [-0.15, -0.1) is 0 Å². The van der Waals surface area contributed by atoms with Gasteiger partial charge in [0.05, 0.1) is 13.2 Å². The Labute approximate surface area is 106 Å². The molecule has 0 aromatic rings. The van der Waals surface area contributed by atoms with Crippen molar-refractivity contribution >= 4 is 13.6 Å². The van der Waals surface area contributed by atoms with E-state index in [1.807, 2.05) is 0 Å². The Morgan fingerprint density at radius 2 is 1.69 bits per heavy atom. The zero-order valence-electron chi connectivity index (χ0n) is 8.38. The maximum absolute atomic E-state index is 11.8. The molecule has 0 atom stereocenters. The minimum absolute atomic E-state index is 0. The van der Waals surface area contributed by atoms with Crippen LogP contribution in [0, 0.1) is 0 Å². The first-order valence-electron chi connectivity index (χ1n) is 3.98. The molecule has 0 saturated heterocycles. The number of nitrogens with zero attached hydrogens (tertiary/aromatic N) is 1. The summed E-state index contributed by atoms with van der Waals surface area (Å²) in [6, 6.07) is 0. The van der Waals surface area contributed by atoms with Gasteiger partial charge in [-0.1, -0.05) is 0 Å². The molecule has 0 aliphatic heterocycles. The Morgan fingerprint density at radius 1 is 1.31 bits per heavy atom. The van der Waals surface area contributed by atoms with Crippen molar-refractivity contribution in [1.82, 2.24) is 0 Å². The summed E-state index contributed by atoms with van der Waals surface area (Å²) in [5.41, 5.74) is 0. The number of hydrogen-bond donors (Lipinski definition) is 0. The van der Waals surface area contributed by atoms with Crippen LogP contribution < -0.4 is 4.89 Å². The summed E-state index contributed by atoms with van der Waals surface area (Å²) in [6.07, 6.45) is -5.18. The van der Waals surface area contributed by atoms with Crippen molar-refractivity contribution in [2.75, 3.05) is 13.2 Å². The standard InChI is InChI=1S/C6H10F3NO4P.Ag/c1-3-13-15(12,14-4-2)10-5(11)6(7,8)9;/h3-4H2,1-2H3;/q-1;+1. The number of rotatable bonds is 4. The van der Waals surface area contributed by atoms with E-state index in [9.17, 15) is 22.9 Å². The first-order chi connectivity index (χ1) is 6.75. The van der Waals surface area contributed by atoms with E-state index < -0.39 is 19.8 Å². The molecule has 0 rings (SSSR count). The smallest absolute Gasteiger partial charge is 0.773 e. The number of carbonyl (C=O) groups is 1. The molecule has 100 valence electrons. The molecular formula is C6H10AgF3NO4P. The second kappa shape index (κ2) is 7.60. The van der Waals surface area contributed by atoms with E-state index in [-0.39, 0.29) is 35.6 Å². The predicted octanol–water partition coefficient (Wildman–Crippen LogP) is 1.45. The molecule has 0 radical (unpaired) electrons. The topological polar surface area (TPSA) is 71.0 Å². The molecule has 0 saturated carbocycles. The SMILES string of the molecule is CCOP([O-])(=NC(=O)C(F)(F)F)OCC.[Ag+]. The summed E-state index contributed by atoms with van der Waals surface area (Å²) in [5.74, 6) is -2.48. The fraction of sp³-hybridized carbons (Fsp3) is 0.833. The van der Waals surface area contributed by atoms with Gasteiger partial charge in [-0.05, 0) is 13.8 Å². The van der Waals surface area contributed by atoms with Crippen molar-refractivity contribution in [3.63, 3.8) is 0 Å². The van der Waals surface area contributed by atoms with Crippen molar-refractivity contribution < 1.29 is 54.3 Å². The minimum Gasteiger partial charge on any atom is -0.773 e. The fourth-order valence-corrected chi connectivity index (χ4v) is 1.77. The van der Waals surface area contributed by atoms with Crippen LogP contribution in [0.1, 0.15) is 13.8 Å². The van der Waals surface area contributed by atoms with Crippen LogP contribution in [-0.4, -0.2) is 25.3 Å². The van der Waals surface area contributed by atoms with Gasteiger partial charge in [0.15, 0.2) is 0 Å². The number of alkyl halides is 3. The van der Waals surface area contributed by atoms with E-state index in [1.165, 1.54) is 13.8 Å². The molecule has 0 aromatic heterocycles. The first-order valence-corrected chi connectivity index (χ1v) is 5.48. The zero-order chi connectivity index (χ0) is 12.1. The molecule has 10 heteroatoms. The molecule has 0 unspecified atom stereocenters. The number of halogens is 3. The zero-order valence-corrected chi connectivity index (χ0v) is 10.8. The van der Waals surface area contributed by atoms with Crippen molar-refractivity contribution in [3.05, 3.63) is 0 Å². The summed E-state index contributed by atoms with van der Waals surface area (Å²) >= 11 is 0. The molecule has 0 bridgehead atoms. The maximum atomic E-state index is 11.8. The molecular weight excluding hydrogens is 346 g/mol. The third-order valence-electron chi connectivity index (χ3n) is 1.04. The Morgan fingerprint density at radius 3 is 1.94 bits per heavy atom. The van der Waals surface area contributed by atoms with Crippen molar-refractivity contribution in [2.45, 2.75) is 20.0 Å². The Balaban J connectivity index is 0. The van der Waals surface area contributed by atoms with Gasteiger partial charge >= 0.3 is 34.5 Å². The van der Waals surface area contributed by atoms with Crippen molar-refractivity contribution in [2.24, 2.45) is 4.74 Å². The van der Waals surface area contributed by atoms with Crippen LogP contribution in [0.5, 0.6) is 0 Å². The average molecular weight is 356 g/mol. The van der Waals surface area contributed by atoms with Crippen LogP contribution in [0.15, 0.2) is 4.74 Å². The number of amides is 1. The fourth-order valence-electron chi connectivity index (χ4n) is 0.589. The molecule has 5 nitrogen and oxygen atoms in total. The van der Waals surface area contributed by atoms with Crippen LogP contribution in [-0.2, 0) is 36.2 Å². The molecule has 0 N–H and O–H groups in total. The van der Waals surface area contributed by atoms with Crippen LogP contribution >= 0.6 is 7.74 Å². The molecule has 0 aliphatic carbocycles. The largest absolute Gasteiger partial charge is 1.00 e. The minimum atomic E-state index is -5.18. The second-order valence-corrected chi connectivity index (χ2v) is 3.86. The summed E-state index contributed by atoms with van der Waals surface area (Å²) in [4.78, 5) is 21.7.